The van der Waals surface area contributed by atoms with Crippen molar-refractivity contribution in [1.29, 1.82) is 0 Å². The molecule has 0 aliphatic rings. The molecule has 0 atom stereocenters. The molecular formula is C11H14N4O. The number of aryl methyl sites for hydroxylation is 1. The zero-order valence-corrected chi connectivity index (χ0v) is 9.56. The number of rotatable bonds is 2. The van der Waals surface area contributed by atoms with Gasteiger partial charge in [-0.1, -0.05) is 12.1 Å². The lowest BCUT2D eigenvalue weighted by Crippen LogP contribution is -2.10. The lowest BCUT2D eigenvalue weighted by atomic mass is 10.1. The molecule has 1 heterocycles. The van der Waals surface area contributed by atoms with Crippen molar-refractivity contribution in [2.45, 2.75) is 6.92 Å². The molecule has 2 N–H and O–H groups in total. The van der Waals surface area contributed by atoms with Crippen LogP contribution < -0.4 is 10.6 Å². The van der Waals surface area contributed by atoms with E-state index in [0.717, 1.165) is 11.1 Å². The van der Waals surface area contributed by atoms with E-state index in [4.69, 9.17) is 10.3 Å². The van der Waals surface area contributed by atoms with Crippen molar-refractivity contribution in [3.8, 4) is 11.5 Å². The lowest BCUT2D eigenvalue weighted by Gasteiger charge is -2.04. The van der Waals surface area contributed by atoms with Crippen LogP contribution in [0.25, 0.3) is 11.5 Å². The molecule has 0 aliphatic carbocycles. The molecule has 84 valence electrons. The summed E-state index contributed by atoms with van der Waals surface area (Å²) in [6.07, 6.45) is 0. The average molecular weight is 218 g/mol. The van der Waals surface area contributed by atoms with Gasteiger partial charge in [0, 0.05) is 19.8 Å². The maximum Gasteiger partial charge on any atom is 0.265 e. The number of hydrogen-bond acceptors (Lipinski definition) is 5. The van der Waals surface area contributed by atoms with Gasteiger partial charge in [-0.05, 0) is 23.7 Å². The van der Waals surface area contributed by atoms with Gasteiger partial charge in [0.1, 0.15) is 0 Å². The molecule has 0 spiro atoms. The highest BCUT2D eigenvalue weighted by Crippen LogP contribution is 2.27. The maximum atomic E-state index is 5.96. The summed E-state index contributed by atoms with van der Waals surface area (Å²) >= 11 is 0. The fourth-order valence-corrected chi connectivity index (χ4v) is 1.37. The van der Waals surface area contributed by atoms with Crippen LogP contribution in [0.1, 0.15) is 5.56 Å². The first-order valence-corrected chi connectivity index (χ1v) is 4.96. The SMILES string of the molecule is Cc1cccc(-c2nc(N(C)C)no2)c1N. The molecule has 0 amide bonds. The Bertz CT molecular complexity index is 504. The molecule has 0 bridgehead atoms. The first-order chi connectivity index (χ1) is 7.59. The Morgan fingerprint density at radius 3 is 2.69 bits per heavy atom. The summed E-state index contributed by atoms with van der Waals surface area (Å²) in [7, 11) is 3.71. The number of nitrogen functional groups attached to an aromatic ring is 1. The van der Waals surface area contributed by atoms with E-state index >= 15 is 0 Å². The zero-order valence-electron chi connectivity index (χ0n) is 9.56. The number of anilines is 2. The van der Waals surface area contributed by atoms with Crippen LogP contribution in [0.4, 0.5) is 11.6 Å². The maximum absolute atomic E-state index is 5.96. The Morgan fingerprint density at radius 1 is 1.31 bits per heavy atom. The lowest BCUT2D eigenvalue weighted by molar-refractivity contribution is 0.431. The molecule has 1 aromatic carbocycles. The van der Waals surface area contributed by atoms with E-state index in [2.05, 4.69) is 10.1 Å². The van der Waals surface area contributed by atoms with Gasteiger partial charge in [0.05, 0.1) is 5.56 Å². The monoisotopic (exact) mass is 218 g/mol. The molecule has 16 heavy (non-hydrogen) atoms. The van der Waals surface area contributed by atoms with E-state index in [9.17, 15) is 0 Å². The molecule has 5 heteroatoms. The molecule has 0 saturated heterocycles. The van der Waals surface area contributed by atoms with Crippen molar-refractivity contribution in [3.63, 3.8) is 0 Å². The third-order valence-corrected chi connectivity index (χ3v) is 2.37. The molecule has 2 rings (SSSR count). The van der Waals surface area contributed by atoms with Crippen molar-refractivity contribution in [1.82, 2.24) is 10.1 Å². The zero-order chi connectivity index (χ0) is 11.7. The topological polar surface area (TPSA) is 68.2 Å². The Labute approximate surface area is 93.9 Å². The molecule has 0 radical (unpaired) electrons. The minimum Gasteiger partial charge on any atom is -0.398 e. The summed E-state index contributed by atoms with van der Waals surface area (Å²) in [5, 5.41) is 3.85. The van der Waals surface area contributed by atoms with E-state index in [1.54, 1.807) is 4.90 Å². The van der Waals surface area contributed by atoms with Gasteiger partial charge in [0.15, 0.2) is 0 Å². The Hall–Kier alpha value is -2.04. The summed E-state index contributed by atoms with van der Waals surface area (Å²) < 4.78 is 5.17. The first kappa shape index (κ1) is 10.5. The Morgan fingerprint density at radius 2 is 2.06 bits per heavy atom. The number of aromatic nitrogens is 2. The Balaban J connectivity index is 2.47. The highest BCUT2D eigenvalue weighted by molar-refractivity contribution is 5.73. The van der Waals surface area contributed by atoms with E-state index in [-0.39, 0.29) is 0 Å². The van der Waals surface area contributed by atoms with E-state index in [0.29, 0.717) is 17.5 Å². The van der Waals surface area contributed by atoms with Gasteiger partial charge < -0.3 is 15.2 Å². The van der Waals surface area contributed by atoms with Gasteiger partial charge >= 0.3 is 0 Å². The van der Waals surface area contributed by atoms with Crippen molar-refractivity contribution in [2.75, 3.05) is 24.7 Å². The smallest absolute Gasteiger partial charge is 0.265 e. The summed E-state index contributed by atoms with van der Waals surface area (Å²) in [4.78, 5) is 6.03. The highest BCUT2D eigenvalue weighted by atomic mass is 16.5. The van der Waals surface area contributed by atoms with Crippen LogP contribution in [-0.2, 0) is 0 Å². The van der Waals surface area contributed by atoms with Crippen molar-refractivity contribution < 1.29 is 4.52 Å². The average Bonchev–Trinajstić information content (AvgIpc) is 2.71. The predicted molar refractivity (Wildman–Crippen MR) is 63.2 cm³/mol. The first-order valence-electron chi connectivity index (χ1n) is 4.96. The quantitative estimate of drug-likeness (QED) is 0.777. The van der Waals surface area contributed by atoms with Gasteiger partial charge in [-0.3, -0.25) is 0 Å². The molecule has 1 aromatic heterocycles. The second-order valence-corrected chi connectivity index (χ2v) is 3.83. The van der Waals surface area contributed by atoms with E-state index in [1.165, 1.54) is 0 Å². The number of hydrogen-bond donors (Lipinski definition) is 1. The van der Waals surface area contributed by atoms with Gasteiger partial charge in [0.2, 0.25) is 0 Å². The summed E-state index contributed by atoms with van der Waals surface area (Å²) in [6, 6.07) is 5.73. The van der Waals surface area contributed by atoms with Gasteiger partial charge in [-0.15, -0.1) is 0 Å². The third kappa shape index (κ3) is 1.71. The molecule has 2 aromatic rings. The number of nitrogens with zero attached hydrogens (tertiary/aromatic N) is 3. The fourth-order valence-electron chi connectivity index (χ4n) is 1.37. The van der Waals surface area contributed by atoms with Crippen molar-refractivity contribution in [3.05, 3.63) is 23.8 Å². The van der Waals surface area contributed by atoms with Crippen LogP contribution >= 0.6 is 0 Å². The minimum atomic E-state index is 0.449. The fraction of sp³-hybridized carbons (Fsp3) is 0.273. The van der Waals surface area contributed by atoms with Crippen LogP contribution in [0, 0.1) is 6.92 Å². The largest absolute Gasteiger partial charge is 0.398 e. The van der Waals surface area contributed by atoms with E-state index < -0.39 is 0 Å². The van der Waals surface area contributed by atoms with Crippen molar-refractivity contribution >= 4 is 11.6 Å². The van der Waals surface area contributed by atoms with Crippen LogP contribution in [0.2, 0.25) is 0 Å². The number of para-hydroxylation sites is 1. The predicted octanol–water partition coefficient (Wildman–Crippen LogP) is 1.69. The van der Waals surface area contributed by atoms with Gasteiger partial charge in [-0.2, -0.15) is 4.98 Å². The molecular weight excluding hydrogens is 204 g/mol. The molecule has 0 saturated carbocycles. The molecule has 0 unspecified atom stereocenters. The normalized spacial score (nSPS) is 10.4. The summed E-state index contributed by atoms with van der Waals surface area (Å²) in [6.45, 7) is 1.95. The van der Waals surface area contributed by atoms with Crippen LogP contribution in [0.3, 0.4) is 0 Å². The molecule has 0 fully saturated rings. The minimum absolute atomic E-state index is 0.449. The standard InChI is InChI=1S/C11H14N4O/c1-7-5-4-6-8(9(7)12)10-13-11(14-16-10)15(2)3/h4-6H,12H2,1-3H3. The summed E-state index contributed by atoms with van der Waals surface area (Å²) in [5.74, 6) is 0.987. The second-order valence-electron chi connectivity index (χ2n) is 3.83. The van der Waals surface area contributed by atoms with Gasteiger partial charge in [-0.25, -0.2) is 0 Å². The summed E-state index contributed by atoms with van der Waals surface area (Å²) in [5.41, 5.74) is 8.42. The van der Waals surface area contributed by atoms with Crippen LogP contribution in [0.15, 0.2) is 22.7 Å². The second kappa shape index (κ2) is 3.84. The van der Waals surface area contributed by atoms with Crippen LogP contribution in [0.5, 0.6) is 0 Å². The molecule has 0 aliphatic heterocycles. The third-order valence-electron chi connectivity index (χ3n) is 2.37. The van der Waals surface area contributed by atoms with E-state index in [1.807, 2.05) is 39.2 Å². The Kier molecular flexibility index (Phi) is 2.52. The molecule has 5 nitrogen and oxygen atoms in total. The highest BCUT2D eigenvalue weighted by Gasteiger charge is 2.13. The van der Waals surface area contributed by atoms with Crippen LogP contribution in [-0.4, -0.2) is 24.2 Å². The number of nitrogens with two attached hydrogens (primary N) is 1. The van der Waals surface area contributed by atoms with Crippen molar-refractivity contribution in [2.24, 2.45) is 0 Å². The number of benzene rings is 1. The van der Waals surface area contributed by atoms with Gasteiger partial charge in [0.25, 0.3) is 11.8 Å².